The number of nitriles is 1. The number of benzene rings is 1. The molecule has 0 N–H and O–H groups in total. The van der Waals surface area contributed by atoms with Crippen LogP contribution >= 0.6 is 15.9 Å². The minimum absolute atomic E-state index is 0.00374. The summed E-state index contributed by atoms with van der Waals surface area (Å²) in [4.78, 5) is -0.641. The van der Waals surface area contributed by atoms with Gasteiger partial charge < -0.3 is 4.74 Å². The standard InChI is InChI=1S/C11H9BrF2N2O3S/c12-9-3-7(13)4-10(14)11(9)20(17,18)16-1-2-19-8(5-15)6-16/h3-4,8H,1-2,6H2. The SMILES string of the molecule is N#CC1CN(S(=O)(=O)c2c(F)cc(F)cc2Br)CCO1. The summed E-state index contributed by atoms with van der Waals surface area (Å²) in [5.41, 5.74) is 0. The smallest absolute Gasteiger partial charge is 0.247 e. The van der Waals surface area contributed by atoms with Gasteiger partial charge in [0, 0.05) is 17.1 Å². The van der Waals surface area contributed by atoms with E-state index in [9.17, 15) is 17.2 Å². The summed E-state index contributed by atoms with van der Waals surface area (Å²) in [6.07, 6.45) is -0.902. The molecule has 1 aromatic carbocycles. The number of hydrogen-bond acceptors (Lipinski definition) is 4. The molecule has 1 aromatic rings. The summed E-state index contributed by atoms with van der Waals surface area (Å²) in [6, 6.07) is 3.18. The first-order valence-electron chi connectivity index (χ1n) is 5.52. The Morgan fingerprint density at radius 3 is 2.75 bits per heavy atom. The molecule has 0 spiro atoms. The second kappa shape index (κ2) is 5.73. The second-order valence-corrected chi connectivity index (χ2v) is 6.78. The fourth-order valence-corrected chi connectivity index (χ4v) is 4.36. The maximum absolute atomic E-state index is 13.8. The first kappa shape index (κ1) is 15.3. The molecule has 1 saturated heterocycles. The number of hydrogen-bond donors (Lipinski definition) is 0. The fraction of sp³-hybridized carbons (Fsp3) is 0.364. The van der Waals surface area contributed by atoms with Crippen LogP contribution in [0, 0.1) is 23.0 Å². The molecule has 9 heteroatoms. The number of rotatable bonds is 2. The highest BCUT2D eigenvalue weighted by Gasteiger charge is 2.34. The van der Waals surface area contributed by atoms with Crippen molar-refractivity contribution in [2.75, 3.05) is 19.7 Å². The van der Waals surface area contributed by atoms with E-state index in [1.165, 1.54) is 0 Å². The molecule has 1 heterocycles. The number of ether oxygens (including phenoxy) is 1. The summed E-state index contributed by atoms with van der Waals surface area (Å²) in [5.74, 6) is -2.07. The zero-order chi connectivity index (χ0) is 14.9. The Balaban J connectivity index is 2.43. The highest BCUT2D eigenvalue weighted by Crippen LogP contribution is 2.29. The van der Waals surface area contributed by atoms with Gasteiger partial charge in [-0.2, -0.15) is 9.57 Å². The third-order valence-electron chi connectivity index (χ3n) is 2.73. The van der Waals surface area contributed by atoms with Crippen LogP contribution in [0.5, 0.6) is 0 Å². The Morgan fingerprint density at radius 2 is 2.15 bits per heavy atom. The van der Waals surface area contributed by atoms with Crippen LogP contribution in [0.3, 0.4) is 0 Å². The predicted octanol–water partition coefficient (Wildman–Crippen LogP) is 1.64. The molecule has 108 valence electrons. The van der Waals surface area contributed by atoms with Crippen molar-refractivity contribution < 1.29 is 21.9 Å². The van der Waals surface area contributed by atoms with Crippen molar-refractivity contribution in [3.63, 3.8) is 0 Å². The van der Waals surface area contributed by atoms with E-state index in [-0.39, 0.29) is 24.2 Å². The zero-order valence-corrected chi connectivity index (χ0v) is 12.4. The van der Waals surface area contributed by atoms with Gasteiger partial charge in [0.2, 0.25) is 10.0 Å². The van der Waals surface area contributed by atoms with E-state index >= 15 is 0 Å². The van der Waals surface area contributed by atoms with Gasteiger partial charge in [-0.15, -0.1) is 0 Å². The molecule has 0 amide bonds. The topological polar surface area (TPSA) is 70.4 Å². The van der Waals surface area contributed by atoms with Crippen molar-refractivity contribution >= 4 is 26.0 Å². The van der Waals surface area contributed by atoms with Crippen molar-refractivity contribution in [2.24, 2.45) is 0 Å². The minimum Gasteiger partial charge on any atom is -0.361 e. The van der Waals surface area contributed by atoms with Crippen LogP contribution in [0.1, 0.15) is 0 Å². The molecule has 1 unspecified atom stereocenters. The molecule has 0 aromatic heterocycles. The van der Waals surface area contributed by atoms with Crippen molar-refractivity contribution in [3.8, 4) is 6.07 Å². The Kier molecular flexibility index (Phi) is 4.39. The summed E-state index contributed by atoms with van der Waals surface area (Å²) in [6.45, 7) is -0.149. The van der Waals surface area contributed by atoms with E-state index in [0.29, 0.717) is 6.07 Å². The molecule has 5 nitrogen and oxygen atoms in total. The average molecular weight is 367 g/mol. The predicted molar refractivity (Wildman–Crippen MR) is 68.2 cm³/mol. The van der Waals surface area contributed by atoms with Crippen LogP contribution < -0.4 is 0 Å². The van der Waals surface area contributed by atoms with Gasteiger partial charge in [0.15, 0.2) is 6.10 Å². The molecule has 1 atom stereocenters. The van der Waals surface area contributed by atoms with E-state index in [1.54, 1.807) is 6.07 Å². The Hall–Kier alpha value is -1.08. The maximum atomic E-state index is 13.8. The zero-order valence-electron chi connectivity index (χ0n) is 10.0. The molecule has 0 aliphatic carbocycles. The molecular formula is C11H9BrF2N2O3S. The Labute approximate surface area is 122 Å². The van der Waals surface area contributed by atoms with Gasteiger partial charge >= 0.3 is 0 Å². The van der Waals surface area contributed by atoms with Crippen LogP contribution in [0.4, 0.5) is 8.78 Å². The van der Waals surface area contributed by atoms with Gasteiger partial charge in [0.25, 0.3) is 0 Å². The van der Waals surface area contributed by atoms with Crippen molar-refractivity contribution in [3.05, 3.63) is 28.2 Å². The second-order valence-electron chi connectivity index (χ2n) is 4.05. The van der Waals surface area contributed by atoms with Gasteiger partial charge in [-0.25, -0.2) is 17.2 Å². The molecule has 1 fully saturated rings. The normalized spacial score (nSPS) is 20.6. The molecule has 1 aliphatic rings. The molecule has 20 heavy (non-hydrogen) atoms. The van der Waals surface area contributed by atoms with Crippen molar-refractivity contribution in [1.82, 2.24) is 4.31 Å². The maximum Gasteiger partial charge on any atom is 0.247 e. The van der Waals surface area contributed by atoms with E-state index in [2.05, 4.69) is 15.9 Å². The van der Waals surface area contributed by atoms with Crippen LogP contribution in [-0.4, -0.2) is 38.5 Å². The molecule has 0 bridgehead atoms. The Bertz CT molecular complexity index is 652. The van der Waals surface area contributed by atoms with E-state index in [4.69, 9.17) is 10.00 Å². The molecule has 1 aliphatic heterocycles. The van der Waals surface area contributed by atoms with E-state index < -0.39 is 32.7 Å². The summed E-state index contributed by atoms with van der Waals surface area (Å²) in [5, 5.41) is 8.76. The number of sulfonamides is 1. The third-order valence-corrected chi connectivity index (χ3v) is 5.56. The lowest BCUT2D eigenvalue weighted by Crippen LogP contribution is -2.45. The summed E-state index contributed by atoms with van der Waals surface area (Å²) in [7, 11) is -4.17. The van der Waals surface area contributed by atoms with Crippen LogP contribution in [0.2, 0.25) is 0 Å². The van der Waals surface area contributed by atoms with Crippen molar-refractivity contribution in [2.45, 2.75) is 11.0 Å². The highest BCUT2D eigenvalue weighted by molar-refractivity contribution is 9.10. The summed E-state index contributed by atoms with van der Waals surface area (Å²) < 4.78 is 57.3. The summed E-state index contributed by atoms with van der Waals surface area (Å²) >= 11 is 2.85. The first-order valence-corrected chi connectivity index (χ1v) is 7.75. The fourth-order valence-electron chi connectivity index (χ4n) is 1.83. The largest absolute Gasteiger partial charge is 0.361 e. The molecular weight excluding hydrogens is 358 g/mol. The molecule has 0 radical (unpaired) electrons. The number of nitrogens with zero attached hydrogens (tertiary/aromatic N) is 2. The van der Waals surface area contributed by atoms with Crippen LogP contribution in [-0.2, 0) is 14.8 Å². The van der Waals surface area contributed by atoms with Gasteiger partial charge in [0.1, 0.15) is 16.5 Å². The van der Waals surface area contributed by atoms with E-state index in [0.717, 1.165) is 10.4 Å². The number of halogens is 3. The number of morpholine rings is 1. The molecule has 0 saturated carbocycles. The lowest BCUT2D eigenvalue weighted by Gasteiger charge is -2.29. The lowest BCUT2D eigenvalue weighted by atomic mass is 10.3. The third kappa shape index (κ3) is 2.83. The van der Waals surface area contributed by atoms with E-state index in [1.807, 2.05) is 0 Å². The molecule has 2 rings (SSSR count). The Morgan fingerprint density at radius 1 is 1.45 bits per heavy atom. The quantitative estimate of drug-likeness (QED) is 0.797. The monoisotopic (exact) mass is 366 g/mol. The lowest BCUT2D eigenvalue weighted by molar-refractivity contribution is 0.0310. The van der Waals surface area contributed by atoms with Gasteiger partial charge in [-0.1, -0.05) is 0 Å². The average Bonchev–Trinajstić information content (AvgIpc) is 2.37. The van der Waals surface area contributed by atoms with Gasteiger partial charge in [-0.05, 0) is 22.0 Å². The van der Waals surface area contributed by atoms with Crippen LogP contribution in [0.15, 0.2) is 21.5 Å². The highest BCUT2D eigenvalue weighted by atomic mass is 79.9. The first-order chi connectivity index (χ1) is 9.36. The van der Waals surface area contributed by atoms with Crippen LogP contribution in [0.25, 0.3) is 0 Å². The minimum atomic E-state index is -4.17. The van der Waals surface area contributed by atoms with Crippen molar-refractivity contribution in [1.29, 1.82) is 5.26 Å². The van der Waals surface area contributed by atoms with Gasteiger partial charge in [-0.3, -0.25) is 0 Å². The van der Waals surface area contributed by atoms with Gasteiger partial charge in [0.05, 0.1) is 19.2 Å².